The van der Waals surface area contributed by atoms with Gasteiger partial charge in [-0.05, 0) is 103 Å². The van der Waals surface area contributed by atoms with E-state index in [1.807, 2.05) is 58.9 Å². The van der Waals surface area contributed by atoms with E-state index in [1.165, 1.54) is 29.1 Å². The number of methoxy groups -OCH3 is 1. The lowest BCUT2D eigenvalue weighted by molar-refractivity contribution is -0.153. The fraction of sp³-hybridized carbons (Fsp3) is 0.324. The third-order valence-electron chi connectivity index (χ3n) is 7.92. The van der Waals surface area contributed by atoms with Crippen LogP contribution in [0.2, 0.25) is 0 Å². The van der Waals surface area contributed by atoms with Crippen LogP contribution in [0.1, 0.15) is 60.5 Å². The lowest BCUT2D eigenvalue weighted by Crippen LogP contribution is -2.28. The Kier molecular flexibility index (Phi) is 8.94. The number of rotatable bonds is 10. The Hall–Kier alpha value is -3.69. The van der Waals surface area contributed by atoms with Gasteiger partial charge >= 0.3 is 12.1 Å². The Balaban J connectivity index is 1.43. The van der Waals surface area contributed by atoms with Crippen LogP contribution in [0.5, 0.6) is 5.75 Å². The van der Waals surface area contributed by atoms with Gasteiger partial charge in [-0.25, -0.2) is 4.31 Å². The highest BCUT2D eigenvalue weighted by atomic mass is 32.2. The second kappa shape index (κ2) is 12.5. The fourth-order valence-corrected chi connectivity index (χ4v) is 6.54. The molecule has 5 nitrogen and oxygen atoms in total. The van der Waals surface area contributed by atoms with Crippen LogP contribution in [0, 0.1) is 0 Å². The van der Waals surface area contributed by atoms with E-state index < -0.39 is 23.3 Å². The monoisotopic (exact) mass is 609 g/mol. The number of benzene rings is 3. The molecule has 0 fully saturated rings. The third kappa shape index (κ3) is 6.94. The Morgan fingerprint density at radius 2 is 1.70 bits per heavy atom. The van der Waals surface area contributed by atoms with Gasteiger partial charge in [-0.15, -0.1) is 0 Å². The summed E-state index contributed by atoms with van der Waals surface area (Å²) in [6.07, 6.45) is -0.429. The molecule has 226 valence electrons. The van der Waals surface area contributed by atoms with E-state index in [1.54, 1.807) is 21.0 Å². The molecule has 0 radical (unpaired) electrons. The van der Waals surface area contributed by atoms with Crippen LogP contribution in [-0.4, -0.2) is 22.5 Å². The predicted octanol–water partition coefficient (Wildman–Crippen LogP) is 8.92. The standard InChI is InChI=1S/C34H34F3NO4S/c1-33(2,32(39)40)26-9-6-8-25(19-26)23-13-11-22(12-14-23)20-38(21-27-16-18-30(42-27)34(35,36)37)43-31-28-10-5-4-7-24(28)15-17-29(31)41-3/h6,8-9,11-19H,4-5,7,10,20-21H2,1-3H3,(H,39,40). The minimum absolute atomic E-state index is 0.154. The van der Waals surface area contributed by atoms with Crippen LogP contribution >= 0.6 is 11.9 Å². The molecule has 0 unspecified atom stereocenters. The number of aliphatic carboxylic acids is 1. The van der Waals surface area contributed by atoms with Crippen LogP contribution in [0.3, 0.4) is 0 Å². The van der Waals surface area contributed by atoms with Crippen LogP contribution in [0.15, 0.2) is 82.1 Å². The summed E-state index contributed by atoms with van der Waals surface area (Å²) in [6.45, 7) is 3.95. The van der Waals surface area contributed by atoms with E-state index in [-0.39, 0.29) is 12.3 Å². The number of fused-ring (bicyclic) bond motifs is 1. The molecule has 0 saturated heterocycles. The molecule has 4 aromatic rings. The average Bonchev–Trinajstić information content (AvgIpc) is 3.47. The number of carboxylic acids is 1. The third-order valence-corrected chi connectivity index (χ3v) is 9.07. The van der Waals surface area contributed by atoms with Gasteiger partial charge in [-0.1, -0.05) is 54.6 Å². The van der Waals surface area contributed by atoms with Crippen molar-refractivity contribution in [2.75, 3.05) is 7.11 Å². The van der Waals surface area contributed by atoms with E-state index in [2.05, 4.69) is 6.07 Å². The summed E-state index contributed by atoms with van der Waals surface area (Å²) in [5.41, 5.74) is 5.00. The van der Waals surface area contributed by atoms with Crippen molar-refractivity contribution in [3.63, 3.8) is 0 Å². The topological polar surface area (TPSA) is 62.9 Å². The zero-order valence-electron chi connectivity index (χ0n) is 24.3. The van der Waals surface area contributed by atoms with Crippen LogP contribution in [-0.2, 0) is 42.3 Å². The molecule has 1 N–H and O–H groups in total. The predicted molar refractivity (Wildman–Crippen MR) is 161 cm³/mol. The van der Waals surface area contributed by atoms with Crippen molar-refractivity contribution in [1.29, 1.82) is 0 Å². The minimum atomic E-state index is -4.55. The molecule has 0 bridgehead atoms. The van der Waals surface area contributed by atoms with Crippen LogP contribution < -0.4 is 4.74 Å². The summed E-state index contributed by atoms with van der Waals surface area (Å²) < 4.78 is 52.7. The molecule has 1 aliphatic carbocycles. The molecule has 5 rings (SSSR count). The van der Waals surface area contributed by atoms with Crippen molar-refractivity contribution in [3.05, 3.63) is 107 Å². The molecule has 1 heterocycles. The Bertz CT molecular complexity index is 1590. The summed E-state index contributed by atoms with van der Waals surface area (Å²) in [5, 5.41) is 9.65. The van der Waals surface area contributed by atoms with Gasteiger partial charge in [0.25, 0.3) is 0 Å². The Morgan fingerprint density at radius 1 is 0.953 bits per heavy atom. The lowest BCUT2D eigenvalue weighted by Gasteiger charge is -2.26. The average molecular weight is 610 g/mol. The SMILES string of the molecule is COc1ccc2c(c1SN(Cc1ccc(-c3cccc(C(C)(C)C(=O)O)c3)cc1)Cc1ccc(C(F)(F)F)o1)CCCC2. The maximum Gasteiger partial charge on any atom is 0.449 e. The molecule has 0 amide bonds. The number of carboxylic acid groups (broad SMARTS) is 1. The quantitative estimate of drug-likeness (QED) is 0.181. The molecule has 0 saturated carbocycles. The van der Waals surface area contributed by atoms with E-state index in [0.717, 1.165) is 59.1 Å². The van der Waals surface area contributed by atoms with Crippen molar-refractivity contribution in [2.24, 2.45) is 0 Å². The van der Waals surface area contributed by atoms with Gasteiger partial charge in [-0.3, -0.25) is 4.79 Å². The van der Waals surface area contributed by atoms with E-state index in [4.69, 9.17) is 9.15 Å². The number of aryl methyl sites for hydroxylation is 1. The van der Waals surface area contributed by atoms with E-state index >= 15 is 0 Å². The highest BCUT2D eigenvalue weighted by Gasteiger charge is 2.35. The van der Waals surface area contributed by atoms with Crippen LogP contribution in [0.25, 0.3) is 11.1 Å². The van der Waals surface area contributed by atoms with Crippen molar-refractivity contribution >= 4 is 17.9 Å². The van der Waals surface area contributed by atoms with Crippen LogP contribution in [0.4, 0.5) is 13.2 Å². The number of hydrogen-bond donors (Lipinski definition) is 1. The first-order valence-corrected chi connectivity index (χ1v) is 14.9. The zero-order valence-corrected chi connectivity index (χ0v) is 25.1. The van der Waals surface area contributed by atoms with Gasteiger partial charge in [0.1, 0.15) is 11.5 Å². The summed E-state index contributed by atoms with van der Waals surface area (Å²) >= 11 is 1.48. The molecule has 0 atom stereocenters. The van der Waals surface area contributed by atoms with Gasteiger partial charge in [0, 0.05) is 6.54 Å². The summed E-state index contributed by atoms with van der Waals surface area (Å²) in [6, 6.07) is 21.9. The molecule has 0 aliphatic heterocycles. The number of alkyl halides is 3. The van der Waals surface area contributed by atoms with Gasteiger partial charge in [0.2, 0.25) is 5.76 Å². The molecule has 1 aromatic heterocycles. The maximum absolute atomic E-state index is 13.3. The van der Waals surface area contributed by atoms with Gasteiger partial charge in [0.15, 0.2) is 0 Å². The second-order valence-electron chi connectivity index (χ2n) is 11.3. The van der Waals surface area contributed by atoms with Gasteiger partial charge < -0.3 is 14.3 Å². The number of hydrogen-bond acceptors (Lipinski definition) is 5. The van der Waals surface area contributed by atoms with Crippen molar-refractivity contribution < 1.29 is 32.2 Å². The molecule has 43 heavy (non-hydrogen) atoms. The molecular formula is C34H34F3NO4S. The number of carbonyl (C=O) groups is 1. The highest BCUT2D eigenvalue weighted by molar-refractivity contribution is 7.97. The largest absolute Gasteiger partial charge is 0.496 e. The minimum Gasteiger partial charge on any atom is -0.496 e. The first-order chi connectivity index (χ1) is 20.5. The number of furan rings is 1. The fourth-order valence-electron chi connectivity index (χ4n) is 5.29. The van der Waals surface area contributed by atoms with Crippen molar-refractivity contribution in [3.8, 4) is 16.9 Å². The maximum atomic E-state index is 13.3. The first-order valence-electron chi connectivity index (χ1n) is 14.2. The second-order valence-corrected chi connectivity index (χ2v) is 12.4. The smallest absolute Gasteiger partial charge is 0.449 e. The summed E-state index contributed by atoms with van der Waals surface area (Å²) in [7, 11) is 1.63. The van der Waals surface area contributed by atoms with Gasteiger partial charge in [-0.2, -0.15) is 13.2 Å². The first kappa shape index (κ1) is 30.8. The molecule has 0 spiro atoms. The summed E-state index contributed by atoms with van der Waals surface area (Å²) in [4.78, 5) is 12.8. The summed E-state index contributed by atoms with van der Waals surface area (Å²) in [5.74, 6) is -0.948. The van der Waals surface area contributed by atoms with Crippen molar-refractivity contribution in [1.82, 2.24) is 4.31 Å². The lowest BCUT2D eigenvalue weighted by atomic mass is 9.83. The highest BCUT2D eigenvalue weighted by Crippen LogP contribution is 2.41. The normalized spacial score (nSPS) is 13.7. The molecule has 3 aromatic carbocycles. The molecule has 1 aliphatic rings. The zero-order chi connectivity index (χ0) is 30.8. The van der Waals surface area contributed by atoms with Gasteiger partial charge in [0.05, 0.1) is 24.0 Å². The number of ether oxygens (including phenoxy) is 1. The number of nitrogens with zero attached hydrogens (tertiary/aromatic N) is 1. The Morgan fingerprint density at radius 3 is 2.37 bits per heavy atom. The number of halogens is 3. The van der Waals surface area contributed by atoms with E-state index in [0.29, 0.717) is 12.1 Å². The Labute approximate surface area is 253 Å². The molecule has 9 heteroatoms. The van der Waals surface area contributed by atoms with Crippen molar-refractivity contribution in [2.45, 2.75) is 69.1 Å². The van der Waals surface area contributed by atoms with E-state index in [9.17, 15) is 23.1 Å². The molecular weight excluding hydrogens is 575 g/mol.